The van der Waals surface area contributed by atoms with Crippen LogP contribution < -0.4 is 5.32 Å². The lowest BCUT2D eigenvalue weighted by atomic mass is 9.92. The minimum Gasteiger partial charge on any atom is -0.319 e. The number of nitrogens with zero attached hydrogens (tertiary/aromatic N) is 1. The van der Waals surface area contributed by atoms with E-state index in [1.165, 1.54) is 38.9 Å². The third kappa shape index (κ3) is 3.86. The fourth-order valence-electron chi connectivity index (χ4n) is 3.23. The summed E-state index contributed by atoms with van der Waals surface area (Å²) >= 11 is 9.18. The van der Waals surface area contributed by atoms with Crippen LogP contribution in [-0.2, 0) is 0 Å². The quantitative estimate of drug-likeness (QED) is 0.729. The summed E-state index contributed by atoms with van der Waals surface area (Å²) in [7, 11) is 2.07. The summed E-state index contributed by atoms with van der Waals surface area (Å²) in [5, 5.41) is 3.40. The zero-order valence-electron chi connectivity index (χ0n) is 12.5. The highest BCUT2D eigenvalue weighted by Crippen LogP contribution is 2.43. The molecule has 0 amide bonds. The lowest BCUT2D eigenvalue weighted by molar-refractivity contribution is 0.121. The average Bonchev–Trinajstić information content (AvgIpc) is 2.62. The monoisotopic (exact) mass is 422 g/mol. The number of hydrogen-bond donors (Lipinski definition) is 1. The van der Waals surface area contributed by atoms with Crippen molar-refractivity contribution in [2.24, 2.45) is 5.92 Å². The van der Waals surface area contributed by atoms with Gasteiger partial charge >= 0.3 is 0 Å². The van der Waals surface area contributed by atoms with Crippen LogP contribution in [0.15, 0.2) is 14.3 Å². The SMILES string of the molecule is CNCC1CCCCN(C(C)C)C1c1cc(Br)c(Br)s1. The molecule has 0 aliphatic carbocycles. The van der Waals surface area contributed by atoms with E-state index in [1.54, 1.807) is 0 Å². The van der Waals surface area contributed by atoms with Crippen LogP contribution in [0.2, 0.25) is 0 Å². The Balaban J connectivity index is 2.35. The van der Waals surface area contributed by atoms with E-state index < -0.39 is 0 Å². The lowest BCUT2D eigenvalue weighted by Crippen LogP contribution is -2.40. The predicted octanol–water partition coefficient (Wildman–Crippen LogP) is 5.04. The largest absolute Gasteiger partial charge is 0.319 e. The molecule has 1 aliphatic rings. The van der Waals surface area contributed by atoms with Gasteiger partial charge in [-0.15, -0.1) is 11.3 Å². The molecule has 1 aromatic rings. The molecule has 1 saturated heterocycles. The number of likely N-dealkylation sites (tertiary alicyclic amines) is 1. The van der Waals surface area contributed by atoms with Crippen LogP contribution in [0, 0.1) is 5.92 Å². The Labute approximate surface area is 143 Å². The average molecular weight is 424 g/mol. The Bertz CT molecular complexity index is 414. The minimum atomic E-state index is 0.539. The normalized spacial score (nSPS) is 25.1. The molecule has 2 nitrogen and oxygen atoms in total. The van der Waals surface area contributed by atoms with Gasteiger partial charge in [-0.25, -0.2) is 0 Å². The van der Waals surface area contributed by atoms with Gasteiger partial charge in [-0.3, -0.25) is 4.90 Å². The van der Waals surface area contributed by atoms with Crippen molar-refractivity contribution >= 4 is 43.2 Å². The molecule has 1 N–H and O–H groups in total. The summed E-state index contributed by atoms with van der Waals surface area (Å²) in [6.07, 6.45) is 3.99. The summed E-state index contributed by atoms with van der Waals surface area (Å²) in [4.78, 5) is 4.18. The first-order valence-corrected chi connectivity index (χ1v) is 9.80. The summed E-state index contributed by atoms with van der Waals surface area (Å²) < 4.78 is 2.40. The minimum absolute atomic E-state index is 0.539. The lowest BCUT2D eigenvalue weighted by Gasteiger charge is -2.37. The zero-order valence-corrected chi connectivity index (χ0v) is 16.4. The van der Waals surface area contributed by atoms with Gasteiger partial charge in [-0.05, 0) is 90.7 Å². The van der Waals surface area contributed by atoms with Gasteiger partial charge in [-0.1, -0.05) is 6.42 Å². The number of thiophene rings is 1. The summed E-state index contributed by atoms with van der Waals surface area (Å²) in [5.74, 6) is 0.697. The molecular weight excluding hydrogens is 400 g/mol. The molecular formula is C15H24Br2N2S. The van der Waals surface area contributed by atoms with Gasteiger partial charge in [0.15, 0.2) is 0 Å². The fraction of sp³-hybridized carbons (Fsp3) is 0.733. The molecule has 5 heteroatoms. The smallest absolute Gasteiger partial charge is 0.0843 e. The molecule has 2 atom stereocenters. The molecule has 0 aromatic carbocycles. The van der Waals surface area contributed by atoms with Crippen molar-refractivity contribution in [1.82, 2.24) is 10.2 Å². The molecule has 2 rings (SSSR count). The van der Waals surface area contributed by atoms with Crippen LogP contribution in [0.4, 0.5) is 0 Å². The maximum Gasteiger partial charge on any atom is 0.0843 e. The number of halogens is 2. The topological polar surface area (TPSA) is 15.3 Å². The molecule has 2 heterocycles. The van der Waals surface area contributed by atoms with E-state index in [0.717, 1.165) is 6.54 Å². The van der Waals surface area contributed by atoms with Gasteiger partial charge in [0.25, 0.3) is 0 Å². The van der Waals surface area contributed by atoms with Crippen LogP contribution in [0.5, 0.6) is 0 Å². The van der Waals surface area contributed by atoms with Crippen molar-refractivity contribution in [3.63, 3.8) is 0 Å². The molecule has 114 valence electrons. The van der Waals surface area contributed by atoms with Gasteiger partial charge in [-0.2, -0.15) is 0 Å². The Hall–Kier alpha value is 0.580. The highest BCUT2D eigenvalue weighted by atomic mass is 79.9. The number of nitrogens with one attached hydrogen (secondary N) is 1. The van der Waals surface area contributed by atoms with Gasteiger partial charge in [0, 0.05) is 21.4 Å². The Morgan fingerprint density at radius 3 is 2.70 bits per heavy atom. The van der Waals surface area contributed by atoms with Gasteiger partial charge in [0.05, 0.1) is 3.79 Å². The summed E-state index contributed by atoms with van der Waals surface area (Å²) in [6, 6.07) is 3.44. The van der Waals surface area contributed by atoms with Crippen LogP contribution in [0.25, 0.3) is 0 Å². The summed E-state index contributed by atoms with van der Waals surface area (Å²) in [5.41, 5.74) is 0. The van der Waals surface area contributed by atoms with Crippen LogP contribution >= 0.6 is 43.2 Å². The first kappa shape index (κ1) is 16.9. The van der Waals surface area contributed by atoms with Crippen molar-refractivity contribution in [2.45, 2.75) is 45.2 Å². The van der Waals surface area contributed by atoms with Crippen molar-refractivity contribution < 1.29 is 0 Å². The molecule has 1 aliphatic heterocycles. The second-order valence-corrected chi connectivity index (χ2v) is 9.12. The molecule has 0 saturated carbocycles. The van der Waals surface area contributed by atoms with Gasteiger partial charge < -0.3 is 5.32 Å². The van der Waals surface area contributed by atoms with E-state index in [-0.39, 0.29) is 0 Å². The molecule has 0 radical (unpaired) electrons. The highest BCUT2D eigenvalue weighted by Gasteiger charge is 2.33. The molecule has 1 fully saturated rings. The van der Waals surface area contributed by atoms with Crippen LogP contribution in [0.3, 0.4) is 0 Å². The number of hydrogen-bond acceptors (Lipinski definition) is 3. The molecule has 0 bridgehead atoms. The van der Waals surface area contributed by atoms with Crippen LogP contribution in [-0.4, -0.2) is 31.1 Å². The van der Waals surface area contributed by atoms with Crippen molar-refractivity contribution in [3.8, 4) is 0 Å². The van der Waals surface area contributed by atoms with Gasteiger partial charge in [0.1, 0.15) is 0 Å². The second-order valence-electron chi connectivity index (χ2n) is 5.86. The van der Waals surface area contributed by atoms with Crippen molar-refractivity contribution in [3.05, 3.63) is 19.2 Å². The van der Waals surface area contributed by atoms with E-state index in [2.05, 4.69) is 69.0 Å². The first-order chi connectivity index (χ1) is 9.54. The number of rotatable bonds is 4. The van der Waals surface area contributed by atoms with Crippen molar-refractivity contribution in [2.75, 3.05) is 20.1 Å². The Kier molecular flexibility index (Phi) is 6.54. The Morgan fingerprint density at radius 2 is 2.15 bits per heavy atom. The van der Waals surface area contributed by atoms with Gasteiger partial charge in [0.2, 0.25) is 0 Å². The second kappa shape index (κ2) is 7.73. The Morgan fingerprint density at radius 1 is 1.40 bits per heavy atom. The predicted molar refractivity (Wildman–Crippen MR) is 95.6 cm³/mol. The molecule has 20 heavy (non-hydrogen) atoms. The highest BCUT2D eigenvalue weighted by molar-refractivity contribution is 9.13. The molecule has 2 unspecified atom stereocenters. The molecule has 1 aromatic heterocycles. The van der Waals surface area contributed by atoms with Crippen LogP contribution in [0.1, 0.15) is 44.0 Å². The standard InChI is InChI=1S/C15H24Br2N2S/c1-10(2)19-7-5-4-6-11(9-18-3)14(19)13-8-12(16)15(17)20-13/h8,10-11,14,18H,4-7,9H2,1-3H3. The maximum atomic E-state index is 3.66. The van der Waals surface area contributed by atoms with E-state index in [4.69, 9.17) is 0 Å². The van der Waals surface area contributed by atoms with E-state index >= 15 is 0 Å². The fourth-order valence-corrected chi connectivity index (χ4v) is 5.53. The maximum absolute atomic E-state index is 3.66. The third-order valence-corrected chi connectivity index (χ3v) is 7.46. The van der Waals surface area contributed by atoms with E-state index in [1.807, 2.05) is 11.3 Å². The first-order valence-electron chi connectivity index (χ1n) is 7.39. The van der Waals surface area contributed by atoms with Crippen molar-refractivity contribution in [1.29, 1.82) is 0 Å². The van der Waals surface area contributed by atoms with E-state index in [9.17, 15) is 0 Å². The zero-order chi connectivity index (χ0) is 14.7. The van der Waals surface area contributed by atoms with E-state index in [0.29, 0.717) is 18.0 Å². The molecule has 0 spiro atoms. The third-order valence-electron chi connectivity index (χ3n) is 4.13. The summed E-state index contributed by atoms with van der Waals surface area (Å²) in [6.45, 7) is 6.97.